The molecule has 0 unspecified atom stereocenters. The summed E-state index contributed by atoms with van der Waals surface area (Å²) < 4.78 is 7.54. The van der Waals surface area contributed by atoms with E-state index in [2.05, 4.69) is 36.3 Å². The van der Waals surface area contributed by atoms with Gasteiger partial charge in [-0.3, -0.25) is 4.79 Å². The lowest BCUT2D eigenvalue weighted by Crippen LogP contribution is -2.36. The molecule has 0 saturated heterocycles. The van der Waals surface area contributed by atoms with Crippen LogP contribution in [0.3, 0.4) is 0 Å². The van der Waals surface area contributed by atoms with Gasteiger partial charge in [-0.2, -0.15) is 4.68 Å². The van der Waals surface area contributed by atoms with Crippen molar-refractivity contribution in [3.63, 3.8) is 0 Å². The van der Waals surface area contributed by atoms with Crippen LogP contribution >= 0.6 is 11.8 Å². The Labute approximate surface area is 165 Å². The largest absolute Gasteiger partial charge is 0.461 e. The average molecular weight is 389 g/mol. The minimum absolute atomic E-state index is 0.0224. The highest BCUT2D eigenvalue weighted by Gasteiger charge is 2.33. The zero-order valence-corrected chi connectivity index (χ0v) is 17.3. The second-order valence-corrected chi connectivity index (χ2v) is 8.75. The number of rotatable bonds is 6. The Morgan fingerprint density at radius 1 is 1.33 bits per heavy atom. The van der Waals surface area contributed by atoms with Crippen molar-refractivity contribution in [3.8, 4) is 5.69 Å². The van der Waals surface area contributed by atoms with Crippen LogP contribution in [0.1, 0.15) is 45.6 Å². The molecule has 1 aromatic heterocycles. The predicted octanol–water partition coefficient (Wildman–Crippen LogP) is 4.07. The molecule has 0 amide bonds. The number of para-hydroxylation sites is 1. The summed E-state index contributed by atoms with van der Waals surface area (Å²) in [7, 11) is 0. The molecule has 1 fully saturated rings. The summed E-state index contributed by atoms with van der Waals surface area (Å²) in [6.07, 6.45) is 3.33. The van der Waals surface area contributed by atoms with E-state index in [1.54, 1.807) is 4.68 Å². The van der Waals surface area contributed by atoms with Crippen LogP contribution in [0.25, 0.3) is 5.69 Å². The SMILES string of the molecule is Cc1ccccc1-n1nnnc1SCC(=O)O[C@H]1C[C@H](C)CC[C@@H]1C(C)C. The fraction of sp³-hybridized carbons (Fsp3) is 0.600. The third-order valence-corrected chi connectivity index (χ3v) is 6.24. The van der Waals surface area contributed by atoms with Crippen molar-refractivity contribution in [1.82, 2.24) is 20.2 Å². The maximum atomic E-state index is 12.5. The van der Waals surface area contributed by atoms with Gasteiger partial charge in [-0.1, -0.05) is 57.2 Å². The van der Waals surface area contributed by atoms with Crippen molar-refractivity contribution in [1.29, 1.82) is 0 Å². The van der Waals surface area contributed by atoms with Gasteiger partial charge < -0.3 is 4.74 Å². The normalized spacial score (nSPS) is 22.8. The summed E-state index contributed by atoms with van der Waals surface area (Å²) in [6.45, 7) is 8.68. The van der Waals surface area contributed by atoms with Crippen molar-refractivity contribution >= 4 is 17.7 Å². The summed E-state index contributed by atoms with van der Waals surface area (Å²) in [4.78, 5) is 12.5. The second kappa shape index (κ2) is 8.87. The lowest BCUT2D eigenvalue weighted by molar-refractivity contribution is -0.152. The van der Waals surface area contributed by atoms with Crippen LogP contribution in [0.2, 0.25) is 0 Å². The zero-order valence-electron chi connectivity index (χ0n) is 16.5. The van der Waals surface area contributed by atoms with Crippen LogP contribution in [0, 0.1) is 24.7 Å². The highest BCUT2D eigenvalue weighted by atomic mass is 32.2. The number of aryl methyl sites for hydroxylation is 1. The Morgan fingerprint density at radius 2 is 2.11 bits per heavy atom. The Balaban J connectivity index is 1.62. The standard InChI is InChI=1S/C20H28N4O2S/c1-13(2)16-10-9-14(3)11-18(16)26-19(25)12-27-20-21-22-23-24(20)17-8-6-5-7-15(17)4/h5-8,13-14,16,18H,9-12H2,1-4H3/t14-,16-,18+/m1/s1. The van der Waals surface area contributed by atoms with Crippen LogP contribution in [0.4, 0.5) is 0 Å². The number of tetrazole rings is 1. The van der Waals surface area contributed by atoms with Gasteiger partial charge in [0.2, 0.25) is 5.16 Å². The van der Waals surface area contributed by atoms with Crippen molar-refractivity contribution in [3.05, 3.63) is 29.8 Å². The van der Waals surface area contributed by atoms with E-state index >= 15 is 0 Å². The first-order valence-electron chi connectivity index (χ1n) is 9.62. The van der Waals surface area contributed by atoms with Crippen molar-refractivity contribution < 1.29 is 9.53 Å². The third kappa shape index (κ3) is 4.89. The highest BCUT2D eigenvalue weighted by Crippen LogP contribution is 2.35. The molecule has 6 nitrogen and oxygen atoms in total. The monoisotopic (exact) mass is 388 g/mol. The second-order valence-electron chi connectivity index (χ2n) is 7.80. The molecule has 0 aliphatic heterocycles. The topological polar surface area (TPSA) is 69.9 Å². The number of benzene rings is 1. The van der Waals surface area contributed by atoms with Crippen LogP contribution in [-0.4, -0.2) is 38.0 Å². The molecule has 0 radical (unpaired) electrons. The van der Waals surface area contributed by atoms with Crippen LogP contribution < -0.4 is 0 Å². The minimum Gasteiger partial charge on any atom is -0.461 e. The molecule has 3 rings (SSSR count). The molecule has 0 bridgehead atoms. The quantitative estimate of drug-likeness (QED) is 0.549. The molecule has 1 aromatic carbocycles. The molecule has 1 aliphatic carbocycles. The van der Waals surface area contributed by atoms with E-state index in [4.69, 9.17) is 4.74 Å². The number of carbonyl (C=O) groups is 1. The fourth-order valence-electron chi connectivity index (χ4n) is 3.80. The highest BCUT2D eigenvalue weighted by molar-refractivity contribution is 7.99. The molecule has 1 aliphatic rings. The zero-order chi connectivity index (χ0) is 19.4. The summed E-state index contributed by atoms with van der Waals surface area (Å²) >= 11 is 1.32. The molecule has 0 spiro atoms. The third-order valence-electron chi connectivity index (χ3n) is 5.35. The van der Waals surface area contributed by atoms with Crippen molar-refractivity contribution in [2.75, 3.05) is 5.75 Å². The number of esters is 1. The van der Waals surface area contributed by atoms with E-state index in [9.17, 15) is 4.79 Å². The molecule has 1 saturated carbocycles. The average Bonchev–Trinajstić information content (AvgIpc) is 3.08. The van der Waals surface area contributed by atoms with Gasteiger partial charge >= 0.3 is 5.97 Å². The molecule has 0 N–H and O–H groups in total. The van der Waals surface area contributed by atoms with Gasteiger partial charge in [0.05, 0.1) is 11.4 Å². The summed E-state index contributed by atoms with van der Waals surface area (Å²) in [5.74, 6) is 1.61. The number of hydrogen-bond acceptors (Lipinski definition) is 6. The number of carbonyl (C=O) groups excluding carboxylic acids is 1. The van der Waals surface area contributed by atoms with Gasteiger partial charge in [0.25, 0.3) is 0 Å². The van der Waals surface area contributed by atoms with Gasteiger partial charge in [0.15, 0.2) is 0 Å². The van der Waals surface area contributed by atoms with Gasteiger partial charge in [-0.15, -0.1) is 5.10 Å². The molecule has 1 heterocycles. The molecular formula is C20H28N4O2S. The Hall–Kier alpha value is -1.89. The Morgan fingerprint density at radius 3 is 2.85 bits per heavy atom. The van der Waals surface area contributed by atoms with Crippen molar-refractivity contribution in [2.45, 2.75) is 58.2 Å². The fourth-order valence-corrected chi connectivity index (χ4v) is 4.46. The van der Waals surface area contributed by atoms with Crippen LogP contribution in [0.15, 0.2) is 29.4 Å². The van der Waals surface area contributed by atoms with Gasteiger partial charge in [-0.25, -0.2) is 0 Å². The number of ether oxygens (including phenoxy) is 1. The number of nitrogens with zero attached hydrogens (tertiary/aromatic N) is 4. The molecule has 146 valence electrons. The number of aromatic nitrogens is 4. The first-order chi connectivity index (χ1) is 13.0. The maximum absolute atomic E-state index is 12.5. The van der Waals surface area contributed by atoms with Crippen LogP contribution in [-0.2, 0) is 9.53 Å². The van der Waals surface area contributed by atoms with Gasteiger partial charge in [0.1, 0.15) is 6.10 Å². The van der Waals surface area contributed by atoms with E-state index in [0.29, 0.717) is 22.9 Å². The minimum atomic E-state index is -0.191. The lowest BCUT2D eigenvalue weighted by atomic mass is 9.75. The maximum Gasteiger partial charge on any atom is 0.316 e. The number of hydrogen-bond donors (Lipinski definition) is 0. The van der Waals surface area contributed by atoms with E-state index in [-0.39, 0.29) is 17.8 Å². The van der Waals surface area contributed by atoms with E-state index < -0.39 is 0 Å². The van der Waals surface area contributed by atoms with Gasteiger partial charge in [-0.05, 0) is 59.6 Å². The van der Waals surface area contributed by atoms with E-state index in [0.717, 1.165) is 24.1 Å². The molecule has 7 heteroatoms. The molecule has 2 aromatic rings. The lowest BCUT2D eigenvalue weighted by Gasteiger charge is -2.36. The number of thioether (sulfide) groups is 1. The van der Waals surface area contributed by atoms with E-state index in [1.807, 2.05) is 31.2 Å². The van der Waals surface area contributed by atoms with Crippen LogP contribution in [0.5, 0.6) is 0 Å². The molecular weight excluding hydrogens is 360 g/mol. The molecule has 3 atom stereocenters. The van der Waals surface area contributed by atoms with E-state index in [1.165, 1.54) is 18.2 Å². The first kappa shape index (κ1) is 19.9. The Kier molecular flexibility index (Phi) is 6.52. The summed E-state index contributed by atoms with van der Waals surface area (Å²) in [5, 5.41) is 12.5. The van der Waals surface area contributed by atoms with Crippen molar-refractivity contribution in [2.24, 2.45) is 17.8 Å². The summed E-state index contributed by atoms with van der Waals surface area (Å²) in [6, 6.07) is 7.90. The first-order valence-corrected chi connectivity index (χ1v) is 10.6. The Bertz CT molecular complexity index is 777. The predicted molar refractivity (Wildman–Crippen MR) is 106 cm³/mol. The molecule has 27 heavy (non-hydrogen) atoms. The van der Waals surface area contributed by atoms with Gasteiger partial charge in [0, 0.05) is 0 Å². The summed E-state index contributed by atoms with van der Waals surface area (Å²) in [5.41, 5.74) is 1.99. The smallest absolute Gasteiger partial charge is 0.316 e.